The van der Waals surface area contributed by atoms with Crippen molar-refractivity contribution >= 4 is 29.1 Å². The lowest BCUT2D eigenvalue weighted by Gasteiger charge is -2.40. The van der Waals surface area contributed by atoms with Gasteiger partial charge in [0.05, 0.1) is 46.2 Å². The topological polar surface area (TPSA) is 71.9 Å². The Morgan fingerprint density at radius 3 is 2.35 bits per heavy atom. The van der Waals surface area contributed by atoms with Crippen LogP contribution in [0.3, 0.4) is 0 Å². The minimum absolute atomic E-state index is 0.0184. The molecule has 1 unspecified atom stereocenters. The summed E-state index contributed by atoms with van der Waals surface area (Å²) in [5.41, 5.74) is -1.95. The minimum Gasteiger partial charge on any atom is -0.386 e. The van der Waals surface area contributed by atoms with E-state index in [2.05, 4.69) is 4.98 Å². The Balaban J connectivity index is 1.74. The molecule has 0 saturated heterocycles. The summed E-state index contributed by atoms with van der Waals surface area (Å²) in [6.07, 6.45) is 3.08. The predicted molar refractivity (Wildman–Crippen MR) is 138 cm³/mol. The first-order valence-electron chi connectivity index (χ1n) is 11.9. The predicted octanol–water partition coefficient (Wildman–Crippen LogP) is 5.81. The zero-order valence-corrected chi connectivity index (χ0v) is 22.2. The molecule has 5 rings (SSSR count). The summed E-state index contributed by atoms with van der Waals surface area (Å²) < 4.78 is 28.4. The molecule has 3 aromatic rings. The maximum absolute atomic E-state index is 16.1. The number of hydrogen-bond donors (Lipinski definition) is 1. The van der Waals surface area contributed by atoms with Gasteiger partial charge in [-0.05, 0) is 68.7 Å². The van der Waals surface area contributed by atoms with E-state index in [0.29, 0.717) is 21.3 Å². The van der Waals surface area contributed by atoms with Crippen LogP contribution in [0.4, 0.5) is 4.39 Å². The van der Waals surface area contributed by atoms with Gasteiger partial charge >= 0.3 is 0 Å². The first-order valence-corrected chi connectivity index (χ1v) is 12.7. The molecule has 9 heteroatoms. The van der Waals surface area contributed by atoms with Crippen LogP contribution in [-0.4, -0.2) is 40.2 Å². The molecule has 1 aliphatic carbocycles. The fourth-order valence-electron chi connectivity index (χ4n) is 4.73. The molecule has 0 bridgehead atoms. The van der Waals surface area contributed by atoms with Gasteiger partial charge in [0, 0.05) is 23.9 Å². The Kier molecular flexibility index (Phi) is 6.57. The Morgan fingerprint density at radius 2 is 1.78 bits per heavy atom. The number of carbonyl (C=O) groups excluding carboxylic acids is 1. The van der Waals surface area contributed by atoms with Gasteiger partial charge in [0.15, 0.2) is 5.72 Å². The molecule has 2 aromatic carbocycles. The van der Waals surface area contributed by atoms with Gasteiger partial charge in [-0.15, -0.1) is 0 Å². The van der Waals surface area contributed by atoms with E-state index < -0.39 is 28.7 Å². The molecular weight excluding hydrogens is 518 g/mol. The number of nitrogens with zero attached hydrogens (tertiary/aromatic N) is 2. The van der Waals surface area contributed by atoms with Crippen molar-refractivity contribution in [2.45, 2.75) is 50.2 Å². The van der Waals surface area contributed by atoms with E-state index in [1.165, 1.54) is 23.2 Å². The number of carbonyl (C=O) groups is 1. The van der Waals surface area contributed by atoms with Crippen molar-refractivity contribution in [3.8, 4) is 0 Å². The second-order valence-electron chi connectivity index (χ2n) is 10.1. The maximum atomic E-state index is 16.1. The molecule has 2 heterocycles. The molecule has 1 atom stereocenters. The largest absolute Gasteiger partial charge is 0.386 e. The van der Waals surface area contributed by atoms with Crippen molar-refractivity contribution in [2.75, 3.05) is 13.7 Å². The van der Waals surface area contributed by atoms with E-state index in [4.69, 9.17) is 32.7 Å². The van der Waals surface area contributed by atoms with Crippen LogP contribution < -0.4 is 0 Å². The second-order valence-corrected chi connectivity index (χ2v) is 11.0. The lowest BCUT2D eigenvalue weighted by atomic mass is 9.88. The lowest BCUT2D eigenvalue weighted by molar-refractivity contribution is -0.144. The number of fused-ring (bicyclic) bond motifs is 1. The number of benzene rings is 2. The van der Waals surface area contributed by atoms with Crippen molar-refractivity contribution in [1.82, 2.24) is 9.88 Å². The number of amides is 1. The minimum atomic E-state index is -1.63. The first-order chi connectivity index (χ1) is 17.5. The third-order valence-electron chi connectivity index (χ3n) is 7.12. The molecule has 0 spiro atoms. The van der Waals surface area contributed by atoms with Gasteiger partial charge in [-0.25, -0.2) is 4.39 Å². The molecule has 2 aliphatic rings. The van der Waals surface area contributed by atoms with Crippen LogP contribution in [-0.2, 0) is 27.3 Å². The Bertz CT molecular complexity index is 1340. The highest BCUT2D eigenvalue weighted by Gasteiger charge is 2.56. The Morgan fingerprint density at radius 1 is 1.11 bits per heavy atom. The molecule has 1 fully saturated rings. The highest BCUT2D eigenvalue weighted by atomic mass is 35.5. The van der Waals surface area contributed by atoms with Crippen LogP contribution in [0.1, 0.15) is 59.4 Å². The van der Waals surface area contributed by atoms with Gasteiger partial charge in [0.2, 0.25) is 0 Å². The number of halogens is 3. The summed E-state index contributed by atoms with van der Waals surface area (Å²) in [6.45, 7) is 3.24. The van der Waals surface area contributed by atoms with Gasteiger partial charge in [-0.3, -0.25) is 14.7 Å². The maximum Gasteiger partial charge on any atom is 0.257 e. The standard InChI is InChI=1S/C28H27Cl2FN2O4/c1-26(2,35)18-12-22-24(23(31)13-18)28(17-4-6-19(29)7-5-17,37-16-27(36-3)10-11-27)33(25(22)34)15-21-9-8-20(30)14-32-21/h4-9,12-14,35H,10-11,15-16H2,1-3H3. The normalized spacial score (nSPS) is 20.3. The van der Waals surface area contributed by atoms with Crippen molar-refractivity contribution in [1.29, 1.82) is 0 Å². The SMILES string of the molecule is COC1(COC2(c3ccc(Cl)cc3)c3c(F)cc(C(C)(C)O)cc3C(=O)N2Cc2ccc(Cl)cn2)CC1. The third kappa shape index (κ3) is 4.64. The monoisotopic (exact) mass is 544 g/mol. The molecule has 194 valence electrons. The zero-order chi connectivity index (χ0) is 26.6. The highest BCUT2D eigenvalue weighted by molar-refractivity contribution is 6.30. The average Bonchev–Trinajstić information content (AvgIpc) is 3.60. The van der Waals surface area contributed by atoms with E-state index in [9.17, 15) is 9.90 Å². The second kappa shape index (κ2) is 9.33. The molecule has 37 heavy (non-hydrogen) atoms. The molecule has 1 aliphatic heterocycles. The number of ether oxygens (including phenoxy) is 2. The summed E-state index contributed by atoms with van der Waals surface area (Å²) in [4.78, 5) is 19.9. The molecule has 0 radical (unpaired) electrons. The third-order valence-corrected chi connectivity index (χ3v) is 7.60. The fraction of sp³-hybridized carbons (Fsp3) is 0.357. The van der Waals surface area contributed by atoms with Crippen molar-refractivity contribution < 1.29 is 23.8 Å². The first kappa shape index (κ1) is 26.1. The van der Waals surface area contributed by atoms with Crippen LogP contribution in [0.2, 0.25) is 10.0 Å². The zero-order valence-electron chi connectivity index (χ0n) is 20.7. The fourth-order valence-corrected chi connectivity index (χ4v) is 4.97. The van der Waals surface area contributed by atoms with Crippen LogP contribution in [0, 0.1) is 5.82 Å². The van der Waals surface area contributed by atoms with Crippen LogP contribution in [0.25, 0.3) is 0 Å². The Labute approximate surface area is 224 Å². The van der Waals surface area contributed by atoms with Crippen molar-refractivity contribution in [3.63, 3.8) is 0 Å². The number of rotatable bonds is 8. The van der Waals surface area contributed by atoms with Gasteiger partial charge in [-0.1, -0.05) is 35.3 Å². The smallest absolute Gasteiger partial charge is 0.257 e. The van der Waals surface area contributed by atoms with E-state index in [1.807, 2.05) is 0 Å². The van der Waals surface area contributed by atoms with E-state index >= 15 is 4.39 Å². The molecule has 1 amide bonds. The number of pyridine rings is 1. The number of aliphatic hydroxyl groups is 1. The van der Waals surface area contributed by atoms with E-state index in [-0.39, 0.29) is 29.8 Å². The molecule has 1 saturated carbocycles. The summed E-state index contributed by atoms with van der Waals surface area (Å²) >= 11 is 12.2. The van der Waals surface area contributed by atoms with Gasteiger partial charge in [0.1, 0.15) is 5.82 Å². The molecule has 1 N–H and O–H groups in total. The quantitative estimate of drug-likeness (QED) is 0.387. The number of hydrogen-bond acceptors (Lipinski definition) is 5. The van der Waals surface area contributed by atoms with E-state index in [0.717, 1.165) is 12.8 Å². The van der Waals surface area contributed by atoms with Crippen LogP contribution >= 0.6 is 23.2 Å². The summed E-state index contributed by atoms with van der Waals surface area (Å²) in [5.74, 6) is -1.11. The summed E-state index contributed by atoms with van der Waals surface area (Å²) in [5, 5.41) is 11.6. The van der Waals surface area contributed by atoms with Crippen LogP contribution in [0.15, 0.2) is 54.7 Å². The summed E-state index contributed by atoms with van der Waals surface area (Å²) in [7, 11) is 1.62. The average molecular weight is 545 g/mol. The highest BCUT2D eigenvalue weighted by Crippen LogP contribution is 2.50. The molecular formula is C28H27Cl2FN2O4. The van der Waals surface area contributed by atoms with Crippen LogP contribution in [0.5, 0.6) is 0 Å². The molecule has 6 nitrogen and oxygen atoms in total. The number of aromatic nitrogens is 1. The lowest BCUT2D eigenvalue weighted by Crippen LogP contribution is -2.48. The summed E-state index contributed by atoms with van der Waals surface area (Å²) in [6, 6.07) is 13.0. The van der Waals surface area contributed by atoms with Gasteiger partial charge in [0.25, 0.3) is 5.91 Å². The van der Waals surface area contributed by atoms with Gasteiger partial charge in [-0.2, -0.15) is 0 Å². The van der Waals surface area contributed by atoms with Gasteiger partial charge < -0.3 is 14.6 Å². The van der Waals surface area contributed by atoms with E-state index in [1.54, 1.807) is 57.4 Å². The van der Waals surface area contributed by atoms with Crippen molar-refractivity contribution in [3.05, 3.63) is 98.5 Å². The Hall–Kier alpha value is -2.55. The molecule has 1 aromatic heterocycles. The van der Waals surface area contributed by atoms with Crippen molar-refractivity contribution in [2.24, 2.45) is 0 Å². The number of methoxy groups -OCH3 is 1.